The van der Waals surface area contributed by atoms with Crippen LogP contribution < -0.4 is 4.90 Å². The molecule has 1 aliphatic heterocycles. The van der Waals surface area contributed by atoms with E-state index in [9.17, 15) is 23.2 Å². The fourth-order valence-corrected chi connectivity index (χ4v) is 5.46. The number of fused-ring (bicyclic) bond motifs is 1. The first kappa shape index (κ1) is 26.9. The van der Waals surface area contributed by atoms with Crippen LogP contribution in [0.4, 0.5) is 19.0 Å². The molecule has 1 amide bonds. The summed E-state index contributed by atoms with van der Waals surface area (Å²) in [5.41, 5.74) is 0.217. The maximum absolute atomic E-state index is 13.5. The van der Waals surface area contributed by atoms with Gasteiger partial charge in [0.05, 0.1) is 22.4 Å². The quantitative estimate of drug-likeness (QED) is 0.434. The highest BCUT2D eigenvalue weighted by molar-refractivity contribution is 5.93. The predicted octanol–water partition coefficient (Wildman–Crippen LogP) is 5.36. The van der Waals surface area contributed by atoms with Crippen molar-refractivity contribution in [3.05, 3.63) is 42.0 Å². The number of amides is 1. The minimum Gasteiger partial charge on any atom is -0.349 e. The van der Waals surface area contributed by atoms with E-state index in [0.29, 0.717) is 36.0 Å². The lowest BCUT2D eigenvalue weighted by Crippen LogP contribution is -2.59. The van der Waals surface area contributed by atoms with Crippen LogP contribution in [0.1, 0.15) is 70.4 Å². The summed E-state index contributed by atoms with van der Waals surface area (Å²) in [5, 5.41) is 10.3. The normalized spacial score (nSPS) is 20.7. The smallest absolute Gasteiger partial charge is 0.349 e. The van der Waals surface area contributed by atoms with Gasteiger partial charge < -0.3 is 9.80 Å². The zero-order chi connectivity index (χ0) is 28.1. The molecule has 1 aliphatic carbocycles. The number of piperazine rings is 1. The molecule has 8 nitrogen and oxygen atoms in total. The molecule has 2 fully saturated rings. The molecular weight excluding hydrogens is 507 g/mol. The van der Waals surface area contributed by atoms with E-state index < -0.39 is 23.9 Å². The van der Waals surface area contributed by atoms with Crippen molar-refractivity contribution in [3.8, 4) is 11.9 Å². The highest BCUT2D eigenvalue weighted by atomic mass is 19.4. The van der Waals surface area contributed by atoms with E-state index in [-0.39, 0.29) is 12.1 Å². The highest BCUT2D eigenvalue weighted by Crippen LogP contribution is 2.44. The summed E-state index contributed by atoms with van der Waals surface area (Å²) in [6.45, 7) is 6.70. The summed E-state index contributed by atoms with van der Waals surface area (Å²) in [5.74, 6) is 1.21. The van der Waals surface area contributed by atoms with Gasteiger partial charge in [0.2, 0.25) is 5.91 Å². The molecule has 5 rings (SSSR count). The van der Waals surface area contributed by atoms with E-state index in [1.165, 1.54) is 6.33 Å². The Morgan fingerprint density at radius 1 is 1.13 bits per heavy atom. The molecule has 0 aromatic carbocycles. The van der Waals surface area contributed by atoms with E-state index in [1.807, 2.05) is 24.6 Å². The Balaban J connectivity index is 1.50. The average molecular weight is 540 g/mol. The Bertz CT molecular complexity index is 1440. The molecule has 1 saturated heterocycles. The molecule has 1 saturated carbocycles. The first-order valence-corrected chi connectivity index (χ1v) is 13.3. The van der Waals surface area contributed by atoms with Gasteiger partial charge in [-0.25, -0.2) is 15.0 Å². The number of nitrogens with zero attached hydrogens (tertiary/aromatic N) is 7. The van der Waals surface area contributed by atoms with Crippen LogP contribution in [0.3, 0.4) is 0 Å². The van der Waals surface area contributed by atoms with Gasteiger partial charge in [-0.05, 0) is 50.3 Å². The van der Waals surface area contributed by atoms with Crippen LogP contribution >= 0.6 is 0 Å². The number of alkyl halides is 3. The van der Waals surface area contributed by atoms with Gasteiger partial charge in [0.25, 0.3) is 0 Å². The van der Waals surface area contributed by atoms with Crippen molar-refractivity contribution in [3.63, 3.8) is 0 Å². The lowest BCUT2D eigenvalue weighted by Gasteiger charge is -2.45. The number of hydrogen-bond donors (Lipinski definition) is 0. The van der Waals surface area contributed by atoms with Gasteiger partial charge in [0, 0.05) is 44.0 Å². The number of pyridine rings is 1. The fourth-order valence-electron chi connectivity index (χ4n) is 5.46. The van der Waals surface area contributed by atoms with Gasteiger partial charge in [-0.2, -0.15) is 18.4 Å². The van der Waals surface area contributed by atoms with Gasteiger partial charge in [0.1, 0.15) is 18.0 Å². The number of halogens is 3. The maximum atomic E-state index is 13.5. The Morgan fingerprint density at radius 2 is 1.87 bits per heavy atom. The largest absolute Gasteiger partial charge is 0.394 e. The van der Waals surface area contributed by atoms with Gasteiger partial charge in [-0.3, -0.25) is 9.36 Å². The molecule has 0 N–H and O–H groups in total. The minimum absolute atomic E-state index is 0.171. The van der Waals surface area contributed by atoms with Crippen molar-refractivity contribution in [2.75, 3.05) is 18.0 Å². The molecule has 11 heteroatoms. The van der Waals surface area contributed by atoms with E-state index in [0.717, 1.165) is 49.9 Å². The molecule has 4 heterocycles. The Kier molecular flexibility index (Phi) is 6.77. The number of carbonyl (C=O) groups excluding carboxylic acids is 1. The average Bonchev–Trinajstić information content (AvgIpc) is 3.22. The molecule has 0 spiro atoms. The van der Waals surface area contributed by atoms with Gasteiger partial charge >= 0.3 is 6.18 Å². The van der Waals surface area contributed by atoms with Crippen molar-refractivity contribution in [1.82, 2.24) is 24.4 Å². The monoisotopic (exact) mass is 539 g/mol. The standard InChI is InChI=1S/C28H32F3N7O/c1-17-14-37(18(2)13-36(17)23(39)11-27(3,4)28(29,30)31)25-24-21(20-6-5-7-20)15-38(26(24)35-16-34-25)22-10-19(12-32)8-9-33-22/h8-10,15-18,20H,5-7,11,13-14H2,1-4H3/t17-,18+/m1/s1. The fraction of sp³-hybridized carbons (Fsp3) is 0.536. The number of hydrogen-bond acceptors (Lipinski definition) is 6. The van der Waals surface area contributed by atoms with Gasteiger partial charge in [0.15, 0.2) is 5.65 Å². The van der Waals surface area contributed by atoms with Crippen LogP contribution in [0, 0.1) is 16.7 Å². The first-order chi connectivity index (χ1) is 18.4. The lowest BCUT2D eigenvalue weighted by molar-refractivity contribution is -0.215. The molecular formula is C28H32F3N7O. The summed E-state index contributed by atoms with van der Waals surface area (Å²) in [4.78, 5) is 30.5. The first-order valence-electron chi connectivity index (χ1n) is 13.3. The van der Waals surface area contributed by atoms with Gasteiger partial charge in [-0.1, -0.05) is 20.3 Å². The lowest BCUT2D eigenvalue weighted by atomic mass is 9.80. The van der Waals surface area contributed by atoms with Crippen LogP contribution in [0.15, 0.2) is 30.9 Å². The molecule has 0 radical (unpaired) electrons. The molecule has 39 heavy (non-hydrogen) atoms. The van der Waals surface area contributed by atoms with Gasteiger partial charge in [-0.15, -0.1) is 0 Å². The third-order valence-electron chi connectivity index (χ3n) is 8.20. The number of rotatable bonds is 5. The van der Waals surface area contributed by atoms with E-state index in [1.54, 1.807) is 23.2 Å². The summed E-state index contributed by atoms with van der Waals surface area (Å²) in [7, 11) is 0. The molecule has 0 unspecified atom stereocenters. The van der Waals surface area contributed by atoms with E-state index in [4.69, 9.17) is 4.98 Å². The molecule has 3 aromatic rings. The highest BCUT2D eigenvalue weighted by Gasteiger charge is 2.49. The second-order valence-electron chi connectivity index (χ2n) is 11.4. The van der Waals surface area contributed by atoms with E-state index in [2.05, 4.69) is 20.9 Å². The van der Waals surface area contributed by atoms with Crippen molar-refractivity contribution in [1.29, 1.82) is 5.26 Å². The number of anilines is 1. The SMILES string of the molecule is C[C@@H]1CN(c2ncnc3c2c(C2CCC2)cn3-c2cc(C#N)ccn2)[C@@H](C)CN1C(=O)CC(C)(C)C(F)(F)F. The predicted molar refractivity (Wildman–Crippen MR) is 140 cm³/mol. The zero-order valence-electron chi connectivity index (χ0n) is 22.5. The van der Waals surface area contributed by atoms with Crippen LogP contribution in [-0.4, -0.2) is 61.7 Å². The van der Waals surface area contributed by atoms with Crippen LogP contribution in [0.25, 0.3) is 16.9 Å². The number of aromatic nitrogens is 4. The van der Waals surface area contributed by atoms with Crippen molar-refractivity contribution < 1.29 is 18.0 Å². The summed E-state index contributed by atoms with van der Waals surface area (Å²) in [6.07, 6.45) is 3.37. The van der Waals surface area contributed by atoms with Crippen LogP contribution in [-0.2, 0) is 4.79 Å². The van der Waals surface area contributed by atoms with Crippen LogP contribution in [0.2, 0.25) is 0 Å². The van der Waals surface area contributed by atoms with Crippen molar-refractivity contribution in [2.24, 2.45) is 5.41 Å². The summed E-state index contributed by atoms with van der Waals surface area (Å²) < 4.78 is 42.3. The second kappa shape index (κ2) is 9.81. The minimum atomic E-state index is -4.46. The van der Waals surface area contributed by atoms with Crippen LogP contribution in [0.5, 0.6) is 0 Å². The Labute approximate surface area is 225 Å². The molecule has 0 bridgehead atoms. The van der Waals surface area contributed by atoms with Crippen molar-refractivity contribution in [2.45, 2.75) is 77.6 Å². The maximum Gasteiger partial charge on any atom is 0.394 e. The number of carbonyl (C=O) groups is 1. The summed E-state index contributed by atoms with van der Waals surface area (Å²) in [6, 6.07) is 5.07. The third kappa shape index (κ3) is 4.81. The van der Waals surface area contributed by atoms with E-state index >= 15 is 0 Å². The summed E-state index contributed by atoms with van der Waals surface area (Å²) >= 11 is 0. The van der Waals surface area contributed by atoms with Crippen molar-refractivity contribution >= 4 is 22.8 Å². The Hall–Kier alpha value is -3.68. The second-order valence-corrected chi connectivity index (χ2v) is 11.4. The molecule has 2 aliphatic rings. The Morgan fingerprint density at radius 3 is 2.51 bits per heavy atom. The number of nitriles is 1. The molecule has 206 valence electrons. The zero-order valence-corrected chi connectivity index (χ0v) is 22.5. The molecule has 3 aromatic heterocycles. The third-order valence-corrected chi connectivity index (χ3v) is 8.20. The molecule has 2 atom stereocenters. The topological polar surface area (TPSA) is 90.9 Å².